The van der Waals surface area contributed by atoms with E-state index in [2.05, 4.69) is 73.4 Å². The van der Waals surface area contributed by atoms with E-state index in [4.69, 9.17) is 24.9 Å². The molecule has 8 aliphatic rings. The highest BCUT2D eigenvalue weighted by Crippen LogP contribution is 2.62. The predicted octanol–water partition coefficient (Wildman–Crippen LogP) is 8.43. The number of halogens is 1. The molecule has 0 aromatic heterocycles. The highest BCUT2D eigenvalue weighted by atomic mass is 79.9. The van der Waals surface area contributed by atoms with E-state index in [1.165, 1.54) is 12.8 Å². The van der Waals surface area contributed by atoms with Crippen molar-refractivity contribution in [2.45, 2.75) is 156 Å². The Kier molecular flexibility index (Phi) is 19.9. The number of aliphatic hydroxyl groups is 3. The Bertz CT molecular complexity index is 3140. The van der Waals surface area contributed by atoms with Crippen molar-refractivity contribution in [1.82, 2.24) is 26.1 Å². The summed E-state index contributed by atoms with van der Waals surface area (Å²) in [5.41, 5.74) is 11.6. The molecule has 8 fully saturated rings. The van der Waals surface area contributed by atoms with Gasteiger partial charge in [-0.25, -0.2) is 0 Å². The van der Waals surface area contributed by atoms with Crippen LogP contribution >= 0.6 is 15.9 Å². The zero-order valence-electron chi connectivity index (χ0n) is 51.9. The Morgan fingerprint density at radius 2 is 1.20 bits per heavy atom. The maximum absolute atomic E-state index is 14.1. The molecule has 16 atom stereocenters. The topological polar surface area (TPSA) is 255 Å². The second-order valence-corrected chi connectivity index (χ2v) is 27.2. The van der Waals surface area contributed by atoms with E-state index in [1.54, 1.807) is 82.5 Å². The summed E-state index contributed by atoms with van der Waals surface area (Å²) in [6, 6.07) is 20.4. The van der Waals surface area contributed by atoms with Crippen LogP contribution < -0.4 is 31.2 Å². The fourth-order valence-electron chi connectivity index (χ4n) is 15.9. The molecule has 4 aromatic carbocycles. The van der Waals surface area contributed by atoms with Crippen LogP contribution in [0.3, 0.4) is 0 Å². The van der Waals surface area contributed by atoms with Gasteiger partial charge in [0, 0.05) is 81.8 Å². The summed E-state index contributed by atoms with van der Waals surface area (Å²) in [5, 5.41) is 55.4. The number of hydrogen-bond donors (Lipinski definition) is 8. The van der Waals surface area contributed by atoms with E-state index >= 15 is 0 Å². The minimum atomic E-state index is -0.882. The summed E-state index contributed by atoms with van der Waals surface area (Å²) in [6.07, 6.45) is 1.60. The number of nitrogens with zero attached hydrogens (tertiary/aromatic N) is 2. The first-order valence-electron chi connectivity index (χ1n) is 30.7. The van der Waals surface area contributed by atoms with Crippen molar-refractivity contribution in [1.29, 1.82) is 0 Å². The lowest BCUT2D eigenvalue weighted by molar-refractivity contribution is -0.183. The van der Waals surface area contributed by atoms with Crippen LogP contribution in [0.25, 0.3) is 22.3 Å². The number of nitrogens with two attached hydrogens (primary N) is 1. The number of aromatic hydroxyl groups is 1. The first kappa shape index (κ1) is 65.0. The fourth-order valence-corrected chi connectivity index (χ4v) is 16.4. The van der Waals surface area contributed by atoms with Crippen molar-refractivity contribution >= 4 is 39.4 Å². The summed E-state index contributed by atoms with van der Waals surface area (Å²) in [5.74, 6) is 2.13. The van der Waals surface area contributed by atoms with Gasteiger partial charge in [0.1, 0.15) is 35.4 Å². The first-order chi connectivity index (χ1) is 40.8. The van der Waals surface area contributed by atoms with Gasteiger partial charge in [-0.05, 0) is 116 Å². The number of methoxy groups -OCH3 is 2. The number of rotatable bonds is 19. The first-order valence-corrected chi connectivity index (χ1v) is 31.5. The number of ketones is 1. The molecule has 6 saturated carbocycles. The second-order valence-electron chi connectivity index (χ2n) is 26.3. The quantitative estimate of drug-likeness (QED) is 0.0410. The van der Waals surface area contributed by atoms with E-state index in [0.717, 1.165) is 39.6 Å². The molecular weight excluding hydrogens is 1160 g/mol. The standard InChI is InChI=1S/C34H47N3O6.C33H44BrN3O6/c1-7-27(39)24-13-9-11-22(31(24)40)23-12-8-10-20(32(23)42-6)17-37-30(29(19(3)38)28(16-35)43-37)33(41)36-26-15-21-14-25(18(26)2)34(21,4)5;1-17-25-13-22(33(25,3)4)14-26(17)36-32(41)29-28(18(2)39)27(16-38)43-37(29)15-19-8-7-9-24(30(19)42-6)20-10-21(31(40)35-5)12-23(34)11-20/h8-13,18-19,21,25-26,28-30,38,40H,7,14-17,35H2,1-6H3,(H,36,41);7-12,17-18,22,25-29,38-39H,13-16H2,1-6H3,(H,35,40)(H,36,41)/t18-,19-,21+,25-,26-,28-,29-,30-;17-,18-,22+,25-,26-,27-,28-,29-/m00/s1. The number of phenols is 1. The lowest BCUT2D eigenvalue weighted by atomic mass is 9.45. The average Bonchev–Trinajstić information content (AvgIpc) is 1.00. The SMILES string of the molecule is CCC(=O)c1cccc(-c2cccc(CN3O[C@@H](CN)[C@H]([C@H](C)O)[C@H]3C(=O)N[C@H]3C[C@H]4C[C@@H]([C@@H]3C)C4(C)C)c2OC)c1O.CNC(=O)c1cc(Br)cc(-c2cccc(CN3O[C@@H](CO)[C@H]([C@H](C)O)[C@H]3C(=O)N[C@H]3C[C@H]4C[C@@H]([C@@H]3C)C4(C)C)c2OC)c1. The van der Waals surface area contributed by atoms with Crippen molar-refractivity contribution in [2.75, 3.05) is 34.4 Å². The number of carbonyl (C=O) groups is 4. The summed E-state index contributed by atoms with van der Waals surface area (Å²) in [7, 11) is 4.72. The lowest BCUT2D eigenvalue weighted by Gasteiger charge is -2.62. The number of carbonyl (C=O) groups excluding carboxylic acids is 4. The molecule has 18 nitrogen and oxygen atoms in total. The van der Waals surface area contributed by atoms with Gasteiger partial charge >= 0.3 is 0 Å². The van der Waals surface area contributed by atoms with Crippen LogP contribution in [-0.4, -0.2) is 137 Å². The highest BCUT2D eigenvalue weighted by Gasteiger charge is 2.59. The molecule has 19 heteroatoms. The Labute approximate surface area is 515 Å². The van der Waals surface area contributed by atoms with Crippen LogP contribution in [-0.2, 0) is 32.4 Å². The van der Waals surface area contributed by atoms with Crippen LogP contribution in [0.4, 0.5) is 0 Å². The molecule has 4 aromatic rings. The van der Waals surface area contributed by atoms with E-state index < -0.39 is 48.3 Å². The van der Waals surface area contributed by atoms with Crippen molar-refractivity contribution in [3.8, 4) is 39.5 Å². The number of hydrogen-bond acceptors (Lipinski definition) is 15. The number of para-hydroxylation sites is 3. The fraction of sp³-hybridized carbons (Fsp3) is 0.582. The number of phenolic OH excluding ortho intramolecular Hbond substituents is 1. The van der Waals surface area contributed by atoms with Crippen LogP contribution in [0.2, 0.25) is 0 Å². The minimum absolute atomic E-state index is 0.0536. The molecule has 3 amide bonds. The average molecular weight is 1250 g/mol. The van der Waals surface area contributed by atoms with Crippen molar-refractivity contribution in [2.24, 2.45) is 63.9 Å². The summed E-state index contributed by atoms with van der Waals surface area (Å²) in [6.45, 7) is 19.1. The number of benzene rings is 4. The van der Waals surface area contributed by atoms with Gasteiger partial charge in [-0.15, -0.1) is 0 Å². The van der Waals surface area contributed by atoms with Gasteiger partial charge in [-0.1, -0.05) is 113 Å². The molecule has 2 aliphatic heterocycles. The summed E-state index contributed by atoms with van der Waals surface area (Å²) < 4.78 is 12.5. The third kappa shape index (κ3) is 12.2. The number of hydroxylamine groups is 4. The van der Waals surface area contributed by atoms with E-state index in [0.29, 0.717) is 74.5 Å². The third-order valence-electron chi connectivity index (χ3n) is 21.1. The van der Waals surface area contributed by atoms with E-state index in [1.807, 2.05) is 42.5 Å². The molecule has 2 heterocycles. The summed E-state index contributed by atoms with van der Waals surface area (Å²) in [4.78, 5) is 65.4. The van der Waals surface area contributed by atoms with Gasteiger partial charge in [0.05, 0.1) is 57.8 Å². The van der Waals surface area contributed by atoms with Crippen LogP contribution in [0.5, 0.6) is 17.2 Å². The number of fused-ring (bicyclic) bond motifs is 4. The predicted molar refractivity (Wildman–Crippen MR) is 331 cm³/mol. The molecule has 2 saturated heterocycles. The van der Waals surface area contributed by atoms with Crippen molar-refractivity contribution < 1.29 is 58.8 Å². The van der Waals surface area contributed by atoms with Gasteiger partial charge in [0.2, 0.25) is 11.8 Å². The minimum Gasteiger partial charge on any atom is -0.507 e. The molecule has 468 valence electrons. The monoisotopic (exact) mass is 1250 g/mol. The Balaban J connectivity index is 0.000000205. The summed E-state index contributed by atoms with van der Waals surface area (Å²) >= 11 is 3.52. The Morgan fingerprint density at radius 3 is 1.65 bits per heavy atom. The molecule has 9 N–H and O–H groups in total. The van der Waals surface area contributed by atoms with E-state index in [-0.39, 0.29) is 79.6 Å². The smallest absolute Gasteiger partial charge is 0.251 e. The normalized spacial score (nSPS) is 30.3. The molecule has 4 bridgehead atoms. The number of ether oxygens (including phenoxy) is 2. The van der Waals surface area contributed by atoms with Crippen LogP contribution in [0, 0.1) is 58.2 Å². The molecule has 0 spiro atoms. The molecule has 6 aliphatic carbocycles. The van der Waals surface area contributed by atoms with Crippen LogP contribution in [0.1, 0.15) is 126 Å². The second kappa shape index (κ2) is 26.3. The zero-order valence-corrected chi connectivity index (χ0v) is 53.5. The largest absolute Gasteiger partial charge is 0.507 e. The van der Waals surface area contributed by atoms with Crippen molar-refractivity contribution in [3.05, 3.63) is 99.5 Å². The van der Waals surface area contributed by atoms with Crippen LogP contribution in [0.15, 0.2) is 77.3 Å². The van der Waals surface area contributed by atoms with E-state index in [9.17, 15) is 39.6 Å². The molecular formula is C67H91BrN6O12. The maximum atomic E-state index is 14.1. The Hall–Kier alpha value is -5.48. The highest BCUT2D eigenvalue weighted by molar-refractivity contribution is 9.10. The molecule has 0 radical (unpaired) electrons. The Morgan fingerprint density at radius 1 is 0.721 bits per heavy atom. The molecule has 0 unspecified atom stereocenters. The third-order valence-corrected chi connectivity index (χ3v) is 21.5. The number of Topliss-reactive ketones (excluding diaryl/α,β-unsaturated/α-hetero) is 1. The van der Waals surface area contributed by atoms with Gasteiger partial charge in [0.15, 0.2) is 5.78 Å². The maximum Gasteiger partial charge on any atom is 0.251 e. The lowest BCUT2D eigenvalue weighted by Crippen LogP contribution is -2.62. The van der Waals surface area contributed by atoms with Gasteiger partial charge in [-0.3, -0.25) is 28.9 Å². The molecule has 12 rings (SSSR count). The number of nitrogens with one attached hydrogen (secondary N) is 3. The molecule has 86 heavy (non-hydrogen) atoms. The van der Waals surface area contributed by atoms with Crippen molar-refractivity contribution in [3.63, 3.8) is 0 Å². The number of amides is 3. The van der Waals surface area contributed by atoms with Gasteiger partial charge in [-0.2, -0.15) is 10.1 Å². The van der Waals surface area contributed by atoms with Gasteiger partial charge in [0.25, 0.3) is 5.91 Å². The zero-order chi connectivity index (χ0) is 62.4. The van der Waals surface area contributed by atoms with Gasteiger partial charge < -0.3 is 51.6 Å². The number of aliphatic hydroxyl groups excluding tert-OH is 3.